The van der Waals surface area contributed by atoms with Crippen molar-refractivity contribution in [3.8, 4) is 0 Å². The Morgan fingerprint density at radius 2 is 1.20 bits per heavy atom. The minimum atomic E-state index is -4.28. The summed E-state index contributed by atoms with van der Waals surface area (Å²) in [6.45, 7) is 3.68. The molecule has 9 nitrogen and oxygen atoms in total. The van der Waals surface area contributed by atoms with Crippen LogP contribution in [0.1, 0.15) is 155 Å². The minimum absolute atomic E-state index is 0.0865. The number of phosphoric ester groups is 1. The number of esters is 1. The van der Waals surface area contributed by atoms with Crippen LogP contribution in [0.15, 0.2) is 60.9 Å². The van der Waals surface area contributed by atoms with Crippen molar-refractivity contribution < 1.29 is 37.9 Å². The standard InChI is InChI=1S/C41H74NO8P/c1-3-4-5-6-7-8-9-10-16-19-22-25-28-31-35-47-40(38-50-51(45,46)49-36-34-42)37-48-41(44)33-30-27-24-21-18-15-13-11-12-14-17-20-23-26-29-32-39(2)43/h12-15,20-21,23-24,31,35,39-40,43H,3-11,16-19,22,25-30,32-34,36-38,42H2,1-2H3,(H,45,46)/b14-12-,15-13-,23-20-,24-21-,35-31+/t39-,40-/m1/s1. The van der Waals surface area contributed by atoms with Gasteiger partial charge in [0.1, 0.15) is 6.61 Å². The minimum Gasteiger partial charge on any atom is -0.492 e. The molecule has 0 aromatic heterocycles. The van der Waals surface area contributed by atoms with Gasteiger partial charge in [-0.1, -0.05) is 126 Å². The first-order chi connectivity index (χ1) is 24.8. The summed E-state index contributed by atoms with van der Waals surface area (Å²) in [6, 6.07) is 0. The zero-order valence-corrected chi connectivity index (χ0v) is 33.1. The van der Waals surface area contributed by atoms with E-state index in [1.807, 2.05) is 13.0 Å². The molecule has 296 valence electrons. The molecule has 51 heavy (non-hydrogen) atoms. The SMILES string of the molecule is CCCCCCCCCCCCCC/C=C/O[C@H](COC(=O)CCC/C=C\C/C=C\C/C=C\C/C=C\CCC[C@@H](C)O)COP(=O)(O)OCCN. The normalized spacial score (nSPS) is 14.8. The average molecular weight is 740 g/mol. The van der Waals surface area contributed by atoms with E-state index in [0.29, 0.717) is 6.42 Å². The fourth-order valence-electron chi connectivity index (χ4n) is 5.05. The Morgan fingerprint density at radius 1 is 0.686 bits per heavy atom. The summed E-state index contributed by atoms with van der Waals surface area (Å²) in [7, 11) is -4.28. The van der Waals surface area contributed by atoms with E-state index >= 15 is 0 Å². The van der Waals surface area contributed by atoms with E-state index in [-0.39, 0.29) is 44.9 Å². The second kappa shape index (κ2) is 37.7. The van der Waals surface area contributed by atoms with E-state index in [0.717, 1.165) is 57.8 Å². The van der Waals surface area contributed by atoms with Gasteiger partial charge >= 0.3 is 13.8 Å². The lowest BCUT2D eigenvalue weighted by Crippen LogP contribution is -2.25. The Balaban J connectivity index is 4.23. The van der Waals surface area contributed by atoms with Crippen molar-refractivity contribution in [2.45, 2.75) is 167 Å². The molecule has 0 aromatic carbocycles. The van der Waals surface area contributed by atoms with Gasteiger partial charge < -0.3 is 25.2 Å². The number of unbranched alkanes of at least 4 members (excludes halogenated alkanes) is 14. The molecular weight excluding hydrogens is 665 g/mol. The zero-order chi connectivity index (χ0) is 37.5. The highest BCUT2D eigenvalue weighted by atomic mass is 31.2. The summed E-state index contributed by atoms with van der Waals surface area (Å²) in [5.41, 5.74) is 5.35. The number of ether oxygens (including phenoxy) is 2. The Bertz CT molecular complexity index is 979. The van der Waals surface area contributed by atoms with Crippen LogP contribution >= 0.6 is 7.82 Å². The number of phosphoric acid groups is 1. The van der Waals surface area contributed by atoms with Crippen LogP contribution in [-0.2, 0) is 27.9 Å². The van der Waals surface area contributed by atoms with Gasteiger partial charge in [0.25, 0.3) is 0 Å². The van der Waals surface area contributed by atoms with Crippen molar-refractivity contribution in [1.82, 2.24) is 0 Å². The second-order valence-corrected chi connectivity index (χ2v) is 14.6. The molecule has 1 unspecified atom stereocenters. The van der Waals surface area contributed by atoms with Crippen LogP contribution in [0.4, 0.5) is 0 Å². The Morgan fingerprint density at radius 3 is 1.75 bits per heavy atom. The average Bonchev–Trinajstić information content (AvgIpc) is 3.11. The number of carbonyl (C=O) groups excluding carboxylic acids is 1. The summed E-state index contributed by atoms with van der Waals surface area (Å²) in [6.07, 6.45) is 43.3. The van der Waals surface area contributed by atoms with E-state index in [1.165, 1.54) is 70.6 Å². The van der Waals surface area contributed by atoms with E-state index in [2.05, 4.69) is 55.5 Å². The van der Waals surface area contributed by atoms with Crippen molar-refractivity contribution >= 4 is 13.8 Å². The highest BCUT2D eigenvalue weighted by molar-refractivity contribution is 7.47. The maximum Gasteiger partial charge on any atom is 0.472 e. The number of allylic oxidation sites excluding steroid dienone is 9. The second-order valence-electron chi connectivity index (χ2n) is 13.1. The van der Waals surface area contributed by atoms with E-state index in [9.17, 15) is 19.4 Å². The van der Waals surface area contributed by atoms with Gasteiger partial charge in [0.2, 0.25) is 0 Å². The third-order valence-corrected chi connectivity index (χ3v) is 9.03. The number of hydrogen-bond donors (Lipinski definition) is 3. The lowest BCUT2D eigenvalue weighted by Gasteiger charge is -2.19. The smallest absolute Gasteiger partial charge is 0.472 e. The first-order valence-electron chi connectivity index (χ1n) is 19.9. The number of aliphatic hydroxyl groups is 1. The molecular formula is C41H74NO8P. The van der Waals surface area contributed by atoms with E-state index < -0.39 is 13.9 Å². The highest BCUT2D eigenvalue weighted by Gasteiger charge is 2.24. The number of carbonyl (C=O) groups is 1. The summed E-state index contributed by atoms with van der Waals surface area (Å²) in [5.74, 6) is -0.356. The quantitative estimate of drug-likeness (QED) is 0.0187. The maximum atomic E-state index is 12.3. The molecule has 0 spiro atoms. The fraction of sp³-hybridized carbons (Fsp3) is 0.732. The zero-order valence-electron chi connectivity index (χ0n) is 32.2. The summed E-state index contributed by atoms with van der Waals surface area (Å²) < 4.78 is 33.0. The van der Waals surface area contributed by atoms with Crippen molar-refractivity contribution in [2.75, 3.05) is 26.4 Å². The van der Waals surface area contributed by atoms with Crippen molar-refractivity contribution in [2.24, 2.45) is 5.73 Å². The highest BCUT2D eigenvalue weighted by Crippen LogP contribution is 2.43. The third kappa shape index (κ3) is 39.0. The molecule has 0 amide bonds. The molecule has 0 rings (SSSR count). The van der Waals surface area contributed by atoms with Crippen LogP contribution in [0, 0.1) is 0 Å². The van der Waals surface area contributed by atoms with Crippen molar-refractivity contribution in [3.05, 3.63) is 60.9 Å². The molecule has 0 aliphatic carbocycles. The van der Waals surface area contributed by atoms with Gasteiger partial charge in [-0.25, -0.2) is 4.57 Å². The van der Waals surface area contributed by atoms with E-state index in [1.54, 1.807) is 6.26 Å². The number of aliphatic hydroxyl groups excluding tert-OH is 1. The van der Waals surface area contributed by atoms with Gasteiger partial charge in [0.05, 0.1) is 25.6 Å². The van der Waals surface area contributed by atoms with Gasteiger partial charge in [0, 0.05) is 13.0 Å². The molecule has 0 aliphatic heterocycles. The molecule has 4 N–H and O–H groups in total. The molecule has 0 fully saturated rings. The van der Waals surface area contributed by atoms with Crippen LogP contribution in [0.25, 0.3) is 0 Å². The molecule has 0 saturated heterocycles. The summed E-state index contributed by atoms with van der Waals surface area (Å²) in [4.78, 5) is 22.2. The van der Waals surface area contributed by atoms with Gasteiger partial charge in [0.15, 0.2) is 6.10 Å². The number of hydrogen-bond acceptors (Lipinski definition) is 8. The van der Waals surface area contributed by atoms with Gasteiger partial charge in [-0.3, -0.25) is 13.8 Å². The Kier molecular flexibility index (Phi) is 36.3. The third-order valence-electron chi connectivity index (χ3n) is 8.05. The van der Waals surface area contributed by atoms with Gasteiger partial charge in [-0.2, -0.15) is 0 Å². The Labute approximate surface area is 311 Å². The van der Waals surface area contributed by atoms with Crippen LogP contribution in [0.5, 0.6) is 0 Å². The molecule has 0 radical (unpaired) electrons. The molecule has 0 heterocycles. The monoisotopic (exact) mass is 740 g/mol. The summed E-state index contributed by atoms with van der Waals surface area (Å²) in [5, 5.41) is 9.25. The largest absolute Gasteiger partial charge is 0.492 e. The van der Waals surface area contributed by atoms with E-state index in [4.69, 9.17) is 24.3 Å². The molecule has 3 atom stereocenters. The Hall–Kier alpha value is -2.00. The predicted octanol–water partition coefficient (Wildman–Crippen LogP) is 10.7. The van der Waals surface area contributed by atoms with Crippen LogP contribution in [0.2, 0.25) is 0 Å². The summed E-state index contributed by atoms with van der Waals surface area (Å²) >= 11 is 0. The predicted molar refractivity (Wildman–Crippen MR) is 211 cm³/mol. The van der Waals surface area contributed by atoms with Crippen LogP contribution < -0.4 is 5.73 Å². The number of rotatable bonds is 37. The van der Waals surface area contributed by atoms with Gasteiger partial charge in [-0.05, 0) is 77.2 Å². The first-order valence-corrected chi connectivity index (χ1v) is 21.4. The molecule has 10 heteroatoms. The molecule has 0 bridgehead atoms. The van der Waals surface area contributed by atoms with Crippen LogP contribution in [-0.4, -0.2) is 54.5 Å². The first kappa shape index (κ1) is 49.0. The fourth-order valence-corrected chi connectivity index (χ4v) is 5.81. The molecule has 0 saturated carbocycles. The molecule has 0 aliphatic rings. The lowest BCUT2D eigenvalue weighted by atomic mass is 10.0. The van der Waals surface area contributed by atoms with Crippen molar-refractivity contribution in [1.29, 1.82) is 0 Å². The van der Waals surface area contributed by atoms with Crippen molar-refractivity contribution in [3.63, 3.8) is 0 Å². The maximum absolute atomic E-state index is 12.3. The molecule has 0 aromatic rings. The topological polar surface area (TPSA) is 138 Å². The number of nitrogens with two attached hydrogens (primary N) is 1. The lowest BCUT2D eigenvalue weighted by molar-refractivity contribution is -0.147. The van der Waals surface area contributed by atoms with Gasteiger partial charge in [-0.15, -0.1) is 0 Å². The van der Waals surface area contributed by atoms with Crippen LogP contribution in [0.3, 0.4) is 0 Å².